The monoisotopic (exact) mass is 499 g/mol. The standard InChI is InChI=1S/C29H37N7O/c1-3-5-7-22-10-13-25(30)36-28(22)26(24-14-16-32-29(33-24)31-15-6-4-2)27(34-36)21-8-11-23(12-9-21)35-17-19-37-20-18-35/h8-14,16H,3-7,15,17-20,30H2,1-2H3,(H,31,32,33). The Bertz CT molecular complexity index is 1330. The van der Waals surface area contributed by atoms with E-state index >= 15 is 0 Å². The second kappa shape index (κ2) is 11.6. The molecule has 8 nitrogen and oxygen atoms in total. The van der Waals surface area contributed by atoms with Crippen LogP contribution >= 0.6 is 0 Å². The number of hydrogen-bond acceptors (Lipinski definition) is 7. The van der Waals surface area contributed by atoms with Crippen molar-refractivity contribution in [3.63, 3.8) is 0 Å². The number of hydrogen-bond donors (Lipinski definition) is 2. The van der Waals surface area contributed by atoms with Gasteiger partial charge in [-0.2, -0.15) is 5.10 Å². The molecule has 1 fully saturated rings. The zero-order valence-corrected chi connectivity index (χ0v) is 21.9. The summed E-state index contributed by atoms with van der Waals surface area (Å²) >= 11 is 0. The lowest BCUT2D eigenvalue weighted by Crippen LogP contribution is -2.36. The first-order valence-electron chi connectivity index (χ1n) is 13.5. The van der Waals surface area contributed by atoms with E-state index in [1.165, 1.54) is 11.3 Å². The molecule has 4 heterocycles. The first-order chi connectivity index (χ1) is 18.2. The van der Waals surface area contributed by atoms with Crippen molar-refractivity contribution in [3.8, 4) is 22.5 Å². The fourth-order valence-corrected chi connectivity index (χ4v) is 4.86. The van der Waals surface area contributed by atoms with Crippen molar-refractivity contribution in [3.05, 3.63) is 54.2 Å². The zero-order chi connectivity index (χ0) is 25.6. The first kappa shape index (κ1) is 25.0. The average molecular weight is 500 g/mol. The van der Waals surface area contributed by atoms with Crippen LogP contribution in [0.5, 0.6) is 0 Å². The second-order valence-electron chi connectivity index (χ2n) is 9.56. The summed E-state index contributed by atoms with van der Waals surface area (Å²) in [4.78, 5) is 11.8. The van der Waals surface area contributed by atoms with E-state index in [9.17, 15) is 0 Å². The van der Waals surface area contributed by atoms with Gasteiger partial charge in [0, 0.05) is 37.1 Å². The van der Waals surface area contributed by atoms with Gasteiger partial charge in [0.15, 0.2) is 0 Å². The number of pyridine rings is 1. The minimum Gasteiger partial charge on any atom is -0.384 e. The maximum Gasteiger partial charge on any atom is 0.223 e. The maximum atomic E-state index is 6.46. The van der Waals surface area contributed by atoms with Crippen molar-refractivity contribution < 1.29 is 4.74 Å². The van der Waals surface area contributed by atoms with Crippen LogP contribution in [0, 0.1) is 0 Å². The Hall–Kier alpha value is -3.65. The molecule has 3 aromatic heterocycles. The number of morpholine rings is 1. The fourth-order valence-electron chi connectivity index (χ4n) is 4.86. The lowest BCUT2D eigenvalue weighted by atomic mass is 9.99. The molecule has 0 atom stereocenters. The number of aromatic nitrogens is 4. The van der Waals surface area contributed by atoms with E-state index in [0.29, 0.717) is 11.8 Å². The Balaban J connectivity index is 1.63. The molecular weight excluding hydrogens is 462 g/mol. The van der Waals surface area contributed by atoms with Crippen LogP contribution in [0.15, 0.2) is 48.7 Å². The molecule has 0 bridgehead atoms. The Kier molecular flexibility index (Phi) is 7.84. The fraction of sp³-hybridized carbons (Fsp3) is 0.414. The minimum absolute atomic E-state index is 0.614. The van der Waals surface area contributed by atoms with Gasteiger partial charge >= 0.3 is 0 Å². The van der Waals surface area contributed by atoms with E-state index < -0.39 is 0 Å². The molecule has 1 aliphatic heterocycles. The summed E-state index contributed by atoms with van der Waals surface area (Å²) in [6, 6.07) is 14.7. The highest BCUT2D eigenvalue weighted by Crippen LogP contribution is 2.38. The number of aryl methyl sites for hydroxylation is 1. The number of anilines is 3. The molecule has 0 spiro atoms. The molecule has 1 aromatic carbocycles. The van der Waals surface area contributed by atoms with Gasteiger partial charge in [0.25, 0.3) is 0 Å². The van der Waals surface area contributed by atoms with Crippen LogP contribution < -0.4 is 16.0 Å². The summed E-state index contributed by atoms with van der Waals surface area (Å²) in [6.07, 6.45) is 7.19. The number of benzene rings is 1. The Labute approximate surface area is 218 Å². The van der Waals surface area contributed by atoms with Gasteiger partial charge < -0.3 is 20.7 Å². The van der Waals surface area contributed by atoms with Crippen LogP contribution in [0.1, 0.15) is 45.1 Å². The van der Waals surface area contributed by atoms with Gasteiger partial charge in [-0.1, -0.05) is 44.9 Å². The molecule has 1 saturated heterocycles. The van der Waals surface area contributed by atoms with Crippen LogP contribution in [0.2, 0.25) is 0 Å². The van der Waals surface area contributed by atoms with Crippen molar-refractivity contribution >= 4 is 23.0 Å². The third-order valence-electron chi connectivity index (χ3n) is 6.93. The SMILES string of the molecule is CCCCNc1nccc(-c2c(-c3ccc(N4CCOCC4)cc3)nn3c(N)ccc(CCCC)c23)n1. The topological polar surface area (TPSA) is 93.6 Å². The lowest BCUT2D eigenvalue weighted by Gasteiger charge is -2.28. The largest absolute Gasteiger partial charge is 0.384 e. The average Bonchev–Trinajstić information content (AvgIpc) is 3.35. The Morgan fingerprint density at radius 2 is 1.76 bits per heavy atom. The Morgan fingerprint density at radius 1 is 0.973 bits per heavy atom. The molecule has 8 heteroatoms. The molecule has 5 rings (SSSR count). The van der Waals surface area contributed by atoms with E-state index in [1.54, 1.807) is 0 Å². The first-order valence-corrected chi connectivity index (χ1v) is 13.5. The number of nitrogen functional groups attached to an aromatic ring is 1. The number of fused-ring (bicyclic) bond motifs is 1. The lowest BCUT2D eigenvalue weighted by molar-refractivity contribution is 0.122. The highest BCUT2D eigenvalue weighted by atomic mass is 16.5. The Morgan fingerprint density at radius 3 is 2.51 bits per heavy atom. The molecule has 4 aromatic rings. The molecule has 0 saturated carbocycles. The predicted molar refractivity (Wildman–Crippen MR) is 151 cm³/mol. The molecule has 0 radical (unpaired) electrons. The second-order valence-corrected chi connectivity index (χ2v) is 9.56. The number of nitrogens with one attached hydrogen (secondary N) is 1. The van der Waals surface area contributed by atoms with Crippen molar-refractivity contribution in [1.29, 1.82) is 0 Å². The normalized spacial score (nSPS) is 13.8. The van der Waals surface area contributed by atoms with E-state index in [-0.39, 0.29) is 0 Å². The molecule has 37 heavy (non-hydrogen) atoms. The van der Waals surface area contributed by atoms with Crippen LogP contribution in [0.25, 0.3) is 28.0 Å². The molecular formula is C29H37N7O. The third kappa shape index (κ3) is 5.39. The highest BCUT2D eigenvalue weighted by Gasteiger charge is 2.22. The van der Waals surface area contributed by atoms with Crippen LogP contribution in [0.4, 0.5) is 17.5 Å². The van der Waals surface area contributed by atoms with E-state index in [2.05, 4.69) is 59.4 Å². The van der Waals surface area contributed by atoms with Gasteiger partial charge in [-0.05, 0) is 49.1 Å². The van der Waals surface area contributed by atoms with Gasteiger partial charge in [-0.25, -0.2) is 14.5 Å². The summed E-state index contributed by atoms with van der Waals surface area (Å²) in [5.41, 5.74) is 13.7. The van der Waals surface area contributed by atoms with Crippen molar-refractivity contribution in [2.45, 2.75) is 46.0 Å². The summed E-state index contributed by atoms with van der Waals surface area (Å²) in [7, 11) is 0. The highest BCUT2D eigenvalue weighted by molar-refractivity contribution is 5.93. The quantitative estimate of drug-likeness (QED) is 0.281. The summed E-state index contributed by atoms with van der Waals surface area (Å²) in [6.45, 7) is 8.58. The van der Waals surface area contributed by atoms with Crippen LogP contribution in [-0.2, 0) is 11.2 Å². The minimum atomic E-state index is 0.614. The van der Waals surface area contributed by atoms with Gasteiger partial charge in [0.2, 0.25) is 5.95 Å². The van der Waals surface area contributed by atoms with Crippen molar-refractivity contribution in [2.75, 3.05) is 48.8 Å². The number of nitrogens with zero attached hydrogens (tertiary/aromatic N) is 5. The van der Waals surface area contributed by atoms with Crippen LogP contribution in [0.3, 0.4) is 0 Å². The van der Waals surface area contributed by atoms with Crippen molar-refractivity contribution in [1.82, 2.24) is 19.6 Å². The number of rotatable bonds is 10. The summed E-state index contributed by atoms with van der Waals surface area (Å²) in [5.74, 6) is 1.25. The number of unbranched alkanes of at least 4 members (excludes halogenated alkanes) is 2. The molecule has 194 valence electrons. The molecule has 1 aliphatic rings. The van der Waals surface area contributed by atoms with Gasteiger partial charge in [0.05, 0.1) is 30.0 Å². The predicted octanol–water partition coefficient (Wildman–Crippen LogP) is 5.43. The summed E-state index contributed by atoms with van der Waals surface area (Å²) < 4.78 is 7.41. The van der Waals surface area contributed by atoms with Crippen molar-refractivity contribution in [2.24, 2.45) is 0 Å². The van der Waals surface area contributed by atoms with Gasteiger partial charge in [0.1, 0.15) is 11.5 Å². The van der Waals surface area contributed by atoms with E-state index in [4.69, 9.17) is 20.6 Å². The molecule has 0 aliphatic carbocycles. The van der Waals surface area contributed by atoms with Gasteiger partial charge in [-0.15, -0.1) is 0 Å². The number of ether oxygens (including phenoxy) is 1. The molecule has 3 N–H and O–H groups in total. The van der Waals surface area contributed by atoms with Gasteiger partial charge in [-0.3, -0.25) is 0 Å². The molecule has 0 unspecified atom stereocenters. The zero-order valence-electron chi connectivity index (χ0n) is 21.9. The maximum absolute atomic E-state index is 6.46. The molecule has 0 amide bonds. The third-order valence-corrected chi connectivity index (χ3v) is 6.93. The number of nitrogens with two attached hydrogens (primary N) is 1. The van der Waals surface area contributed by atoms with E-state index in [0.717, 1.165) is 93.0 Å². The summed E-state index contributed by atoms with van der Waals surface area (Å²) in [5, 5.41) is 8.42. The smallest absolute Gasteiger partial charge is 0.223 e. The van der Waals surface area contributed by atoms with E-state index in [1.807, 2.05) is 22.8 Å². The van der Waals surface area contributed by atoms with Crippen LogP contribution in [-0.4, -0.2) is 52.4 Å².